The summed E-state index contributed by atoms with van der Waals surface area (Å²) in [4.78, 5) is 22.9. The molecule has 0 N–H and O–H groups in total. The minimum Gasteiger partial charge on any atom is -0.337 e. The third-order valence-electron chi connectivity index (χ3n) is 5.20. The molecule has 0 unspecified atom stereocenters. The Balaban J connectivity index is 0.00000361. The Bertz CT molecular complexity index is 1320. The Kier molecular flexibility index (Phi) is 7.99. The van der Waals surface area contributed by atoms with E-state index in [1.54, 1.807) is 29.4 Å². The molecule has 2 aromatic carbocycles. The molecular weight excluding hydrogens is 530 g/mol. The van der Waals surface area contributed by atoms with Crippen molar-refractivity contribution in [2.45, 2.75) is 32.2 Å². The summed E-state index contributed by atoms with van der Waals surface area (Å²) in [6, 6.07) is 6.29. The summed E-state index contributed by atoms with van der Waals surface area (Å²) in [5.74, 6) is -0.997. The zero-order chi connectivity index (χ0) is 25.4. The van der Waals surface area contributed by atoms with Crippen LogP contribution in [0.15, 0.2) is 55.1 Å². The highest BCUT2D eigenvalue weighted by atomic mass is 35.5. The van der Waals surface area contributed by atoms with E-state index in [0.717, 1.165) is 26.5 Å². The number of aromatic nitrogens is 3. The molecule has 0 atom stereocenters. The average molecular weight is 549 g/mol. The Morgan fingerprint density at radius 3 is 2.28 bits per heavy atom. The van der Waals surface area contributed by atoms with Crippen molar-refractivity contribution < 1.29 is 31.1 Å². The van der Waals surface area contributed by atoms with E-state index in [1.165, 1.54) is 0 Å². The van der Waals surface area contributed by atoms with Crippen molar-refractivity contribution in [3.63, 3.8) is 0 Å². The fourth-order valence-electron chi connectivity index (χ4n) is 3.48. The highest BCUT2D eigenvalue weighted by Crippen LogP contribution is 2.37. The molecule has 2 heterocycles. The second-order valence-corrected chi connectivity index (χ2v) is 8.88. The average Bonchev–Trinajstić information content (AvgIpc) is 3.44. The molecular formula is C23H19ClF6N4OS. The Labute approximate surface area is 211 Å². The standard InChI is InChI=1S/C23H18F6N4OS.ClH/c1-14-3-4-18-19(9-14)35-21(31-18)33(7-2-6-32-8-5-30-13-32)20(34)15-10-16(22(24,25)26)12-17(11-15)23(27,28)29;/h3-5,8-13H,2,6-7H2,1H3;1H. The molecule has 192 valence electrons. The highest BCUT2D eigenvalue weighted by molar-refractivity contribution is 7.22. The topological polar surface area (TPSA) is 51.0 Å². The molecule has 36 heavy (non-hydrogen) atoms. The number of alkyl halides is 6. The van der Waals surface area contributed by atoms with Gasteiger partial charge in [0, 0.05) is 31.0 Å². The number of nitrogens with zero attached hydrogens (tertiary/aromatic N) is 4. The predicted octanol–water partition coefficient (Wildman–Crippen LogP) is 7.00. The normalized spacial score (nSPS) is 12.0. The van der Waals surface area contributed by atoms with Crippen LogP contribution in [0, 0.1) is 6.92 Å². The maximum absolute atomic E-state index is 13.4. The van der Waals surface area contributed by atoms with Gasteiger partial charge in [0.1, 0.15) is 0 Å². The summed E-state index contributed by atoms with van der Waals surface area (Å²) >= 11 is 1.14. The van der Waals surface area contributed by atoms with Crippen LogP contribution in [0.4, 0.5) is 31.5 Å². The van der Waals surface area contributed by atoms with Gasteiger partial charge in [-0.1, -0.05) is 17.4 Å². The predicted molar refractivity (Wildman–Crippen MR) is 127 cm³/mol. The second kappa shape index (κ2) is 10.5. The van der Waals surface area contributed by atoms with Crippen LogP contribution in [-0.2, 0) is 18.9 Å². The summed E-state index contributed by atoms with van der Waals surface area (Å²) in [5, 5.41) is 0.187. The van der Waals surface area contributed by atoms with Crippen LogP contribution in [0.5, 0.6) is 0 Å². The minimum atomic E-state index is -5.06. The molecule has 4 aromatic rings. The third kappa shape index (κ3) is 6.16. The Morgan fingerprint density at radius 1 is 1.03 bits per heavy atom. The zero-order valence-corrected chi connectivity index (χ0v) is 20.2. The lowest BCUT2D eigenvalue weighted by atomic mass is 10.0. The molecule has 0 bridgehead atoms. The number of carbonyl (C=O) groups excluding carboxylic acids is 1. The van der Waals surface area contributed by atoms with E-state index in [9.17, 15) is 31.1 Å². The van der Waals surface area contributed by atoms with Gasteiger partial charge in [-0.2, -0.15) is 26.3 Å². The minimum absolute atomic E-state index is 0. The lowest BCUT2D eigenvalue weighted by Crippen LogP contribution is -2.33. The smallest absolute Gasteiger partial charge is 0.337 e. The lowest BCUT2D eigenvalue weighted by Gasteiger charge is -2.21. The fourth-order valence-corrected chi connectivity index (χ4v) is 4.57. The van der Waals surface area contributed by atoms with Gasteiger partial charge in [-0.25, -0.2) is 9.97 Å². The van der Waals surface area contributed by atoms with Gasteiger partial charge in [0.05, 0.1) is 27.7 Å². The molecule has 0 saturated carbocycles. The van der Waals surface area contributed by atoms with E-state index >= 15 is 0 Å². The SMILES string of the molecule is Cc1ccc2nc(N(CCCn3ccnc3)C(=O)c3cc(C(F)(F)F)cc(C(F)(F)F)c3)sc2c1.Cl. The highest BCUT2D eigenvalue weighted by Gasteiger charge is 2.38. The van der Waals surface area contributed by atoms with E-state index in [-0.39, 0.29) is 30.1 Å². The molecule has 2 aromatic heterocycles. The Hall–Kier alpha value is -3.12. The molecule has 5 nitrogen and oxygen atoms in total. The van der Waals surface area contributed by atoms with Gasteiger partial charge in [-0.15, -0.1) is 12.4 Å². The number of anilines is 1. The number of halogens is 7. The largest absolute Gasteiger partial charge is 0.416 e. The number of carbonyl (C=O) groups is 1. The summed E-state index contributed by atoms with van der Waals surface area (Å²) < 4.78 is 82.6. The number of hydrogen-bond acceptors (Lipinski definition) is 4. The van der Waals surface area contributed by atoms with Gasteiger partial charge in [0.25, 0.3) is 5.91 Å². The summed E-state index contributed by atoms with van der Waals surface area (Å²) in [6.07, 6.45) is -4.92. The van der Waals surface area contributed by atoms with E-state index in [4.69, 9.17) is 0 Å². The van der Waals surface area contributed by atoms with Gasteiger partial charge in [-0.3, -0.25) is 9.69 Å². The van der Waals surface area contributed by atoms with Crippen LogP contribution in [0.1, 0.15) is 33.5 Å². The van der Waals surface area contributed by atoms with E-state index < -0.39 is 35.0 Å². The van der Waals surface area contributed by atoms with Crippen LogP contribution in [-0.4, -0.2) is 27.0 Å². The number of rotatable bonds is 6. The number of benzene rings is 2. The fraction of sp³-hybridized carbons (Fsp3) is 0.261. The van der Waals surface area contributed by atoms with Gasteiger partial charge >= 0.3 is 12.4 Å². The molecule has 0 radical (unpaired) electrons. The van der Waals surface area contributed by atoms with E-state index in [1.807, 2.05) is 19.1 Å². The van der Waals surface area contributed by atoms with Crippen molar-refractivity contribution in [2.75, 3.05) is 11.4 Å². The summed E-state index contributed by atoms with van der Waals surface area (Å²) in [6.45, 7) is 2.33. The molecule has 4 rings (SSSR count). The molecule has 0 spiro atoms. The first-order valence-corrected chi connectivity index (χ1v) is 11.2. The number of aryl methyl sites for hydroxylation is 2. The summed E-state index contributed by atoms with van der Waals surface area (Å²) in [5.41, 5.74) is -2.30. The molecule has 0 aliphatic rings. The third-order valence-corrected chi connectivity index (χ3v) is 6.24. The van der Waals surface area contributed by atoms with Crippen LogP contribution in [0.3, 0.4) is 0 Å². The van der Waals surface area contributed by atoms with Crippen LogP contribution < -0.4 is 4.90 Å². The number of hydrogen-bond donors (Lipinski definition) is 0. The van der Waals surface area contributed by atoms with Crippen LogP contribution >= 0.6 is 23.7 Å². The van der Waals surface area contributed by atoms with Crippen molar-refractivity contribution in [2.24, 2.45) is 0 Å². The lowest BCUT2D eigenvalue weighted by molar-refractivity contribution is -0.143. The van der Waals surface area contributed by atoms with Crippen molar-refractivity contribution in [3.05, 3.63) is 77.4 Å². The zero-order valence-electron chi connectivity index (χ0n) is 18.6. The molecule has 0 aliphatic heterocycles. The number of amides is 1. The van der Waals surface area contributed by atoms with Gasteiger partial charge < -0.3 is 4.57 Å². The number of imidazole rings is 1. The van der Waals surface area contributed by atoms with Crippen LogP contribution in [0.25, 0.3) is 10.2 Å². The first-order valence-electron chi connectivity index (χ1n) is 10.4. The molecule has 13 heteroatoms. The molecule has 1 amide bonds. The summed E-state index contributed by atoms with van der Waals surface area (Å²) in [7, 11) is 0. The maximum atomic E-state index is 13.4. The first-order chi connectivity index (χ1) is 16.4. The quantitative estimate of drug-likeness (QED) is 0.244. The van der Waals surface area contributed by atoms with Gasteiger partial charge in [-0.05, 0) is 49.2 Å². The van der Waals surface area contributed by atoms with Crippen LogP contribution in [0.2, 0.25) is 0 Å². The molecule has 0 saturated heterocycles. The van der Waals surface area contributed by atoms with Crippen molar-refractivity contribution in [1.29, 1.82) is 0 Å². The van der Waals surface area contributed by atoms with Gasteiger partial charge in [0.2, 0.25) is 0 Å². The van der Waals surface area contributed by atoms with Crippen molar-refractivity contribution in [1.82, 2.24) is 14.5 Å². The van der Waals surface area contributed by atoms with E-state index in [2.05, 4.69) is 9.97 Å². The maximum Gasteiger partial charge on any atom is 0.416 e. The second-order valence-electron chi connectivity index (χ2n) is 7.87. The monoisotopic (exact) mass is 548 g/mol. The van der Waals surface area contributed by atoms with Crippen molar-refractivity contribution >= 4 is 45.0 Å². The molecule has 0 fully saturated rings. The van der Waals surface area contributed by atoms with Crippen molar-refractivity contribution in [3.8, 4) is 0 Å². The molecule has 0 aliphatic carbocycles. The van der Waals surface area contributed by atoms with Gasteiger partial charge in [0.15, 0.2) is 5.13 Å². The number of thiazole rings is 1. The van der Waals surface area contributed by atoms with E-state index in [0.29, 0.717) is 30.6 Å². The number of fused-ring (bicyclic) bond motifs is 1. The first kappa shape index (κ1) is 27.5. The Morgan fingerprint density at radius 2 is 1.69 bits per heavy atom.